The van der Waals surface area contributed by atoms with Gasteiger partial charge in [0.25, 0.3) is 11.8 Å². The molecule has 7 heteroatoms. The fourth-order valence-electron chi connectivity index (χ4n) is 2.98. The second-order valence-corrected chi connectivity index (χ2v) is 6.32. The fraction of sp³-hybridized carbons (Fsp3) is 0.263. The van der Waals surface area contributed by atoms with Crippen LogP contribution in [0.25, 0.3) is 0 Å². The highest BCUT2D eigenvalue weighted by molar-refractivity contribution is 5.96. The Labute approximate surface area is 150 Å². The predicted octanol–water partition coefficient (Wildman–Crippen LogP) is 1.71. The molecule has 0 atom stereocenters. The zero-order valence-electron chi connectivity index (χ0n) is 14.3. The van der Waals surface area contributed by atoms with Crippen LogP contribution >= 0.6 is 0 Å². The van der Waals surface area contributed by atoms with E-state index in [0.717, 1.165) is 17.7 Å². The van der Waals surface area contributed by atoms with Crippen molar-refractivity contribution in [2.24, 2.45) is 0 Å². The first-order valence-corrected chi connectivity index (χ1v) is 8.27. The van der Waals surface area contributed by atoms with E-state index in [4.69, 9.17) is 0 Å². The lowest BCUT2D eigenvalue weighted by Gasteiger charge is -2.35. The van der Waals surface area contributed by atoms with Crippen LogP contribution in [-0.4, -0.2) is 63.1 Å². The van der Waals surface area contributed by atoms with E-state index < -0.39 is 17.2 Å². The number of benzene rings is 2. The molecule has 1 aliphatic rings. The molecule has 7 nitrogen and oxygen atoms in total. The van der Waals surface area contributed by atoms with Crippen molar-refractivity contribution in [3.05, 3.63) is 53.1 Å². The molecule has 2 aromatic carbocycles. The number of aryl methyl sites for hydroxylation is 1. The summed E-state index contributed by atoms with van der Waals surface area (Å²) in [7, 11) is 0. The van der Waals surface area contributed by atoms with Gasteiger partial charge in [0.05, 0.1) is 0 Å². The molecule has 1 heterocycles. The van der Waals surface area contributed by atoms with Crippen LogP contribution in [0.5, 0.6) is 17.2 Å². The molecule has 0 aromatic heterocycles. The average Bonchev–Trinajstić information content (AvgIpc) is 2.64. The summed E-state index contributed by atoms with van der Waals surface area (Å²) < 4.78 is 0. The Balaban J connectivity index is 1.66. The Morgan fingerprint density at radius 1 is 0.808 bits per heavy atom. The molecule has 1 fully saturated rings. The van der Waals surface area contributed by atoms with E-state index in [2.05, 4.69) is 0 Å². The molecule has 0 spiro atoms. The Morgan fingerprint density at radius 3 is 1.81 bits per heavy atom. The number of aromatic hydroxyl groups is 3. The van der Waals surface area contributed by atoms with E-state index >= 15 is 0 Å². The molecule has 3 N–H and O–H groups in total. The molecule has 1 saturated heterocycles. The SMILES string of the molecule is Cc1cccc(C(=O)N2CCN(C(=O)c3cc(O)c(O)c(O)c3)CC2)c1. The van der Waals surface area contributed by atoms with Gasteiger partial charge in [-0.2, -0.15) is 0 Å². The van der Waals surface area contributed by atoms with Crippen LogP contribution in [-0.2, 0) is 0 Å². The van der Waals surface area contributed by atoms with E-state index in [0.29, 0.717) is 31.7 Å². The summed E-state index contributed by atoms with van der Waals surface area (Å²) in [4.78, 5) is 28.3. The third kappa shape index (κ3) is 3.42. The third-order valence-electron chi connectivity index (χ3n) is 4.44. The van der Waals surface area contributed by atoms with E-state index in [1.807, 2.05) is 25.1 Å². The summed E-state index contributed by atoms with van der Waals surface area (Å²) in [5.41, 5.74) is 1.71. The number of amides is 2. The van der Waals surface area contributed by atoms with Gasteiger partial charge in [-0.15, -0.1) is 0 Å². The standard InChI is InChI=1S/C19H20N2O5/c1-12-3-2-4-13(9-12)18(25)20-5-7-21(8-6-20)19(26)14-10-15(22)17(24)16(23)11-14/h2-4,9-11,22-24H,5-8H2,1H3. The highest BCUT2D eigenvalue weighted by Gasteiger charge is 2.26. The largest absolute Gasteiger partial charge is 0.504 e. The van der Waals surface area contributed by atoms with E-state index in [1.165, 1.54) is 0 Å². The minimum atomic E-state index is -0.657. The first kappa shape index (κ1) is 17.6. The second kappa shape index (κ2) is 6.95. The minimum Gasteiger partial charge on any atom is -0.504 e. The van der Waals surface area contributed by atoms with Crippen LogP contribution in [0, 0.1) is 6.92 Å². The van der Waals surface area contributed by atoms with Crippen LogP contribution in [0.4, 0.5) is 0 Å². The Morgan fingerprint density at radius 2 is 1.31 bits per heavy atom. The lowest BCUT2D eigenvalue weighted by Crippen LogP contribution is -2.50. The Hall–Kier alpha value is -3.22. The quantitative estimate of drug-likeness (QED) is 0.711. The Bertz CT molecular complexity index is 834. The zero-order valence-corrected chi connectivity index (χ0v) is 14.3. The fourth-order valence-corrected chi connectivity index (χ4v) is 2.98. The summed E-state index contributed by atoms with van der Waals surface area (Å²) in [6.07, 6.45) is 0. The van der Waals surface area contributed by atoms with Gasteiger partial charge in [-0.1, -0.05) is 17.7 Å². The lowest BCUT2D eigenvalue weighted by atomic mass is 10.1. The summed E-state index contributed by atoms with van der Waals surface area (Å²) in [6.45, 7) is 3.41. The van der Waals surface area contributed by atoms with Gasteiger partial charge in [0.2, 0.25) is 0 Å². The molecule has 2 amide bonds. The molecule has 0 radical (unpaired) electrons. The van der Waals surface area contributed by atoms with E-state index in [9.17, 15) is 24.9 Å². The summed E-state index contributed by atoms with van der Waals surface area (Å²) in [5, 5.41) is 28.5. The molecule has 2 aromatic rings. The molecular formula is C19H20N2O5. The monoisotopic (exact) mass is 356 g/mol. The van der Waals surface area contributed by atoms with Crippen LogP contribution in [0.3, 0.4) is 0 Å². The lowest BCUT2D eigenvalue weighted by molar-refractivity contribution is 0.0535. The Kier molecular flexibility index (Phi) is 4.71. The molecule has 3 rings (SSSR count). The molecule has 0 aliphatic carbocycles. The molecular weight excluding hydrogens is 336 g/mol. The smallest absolute Gasteiger partial charge is 0.254 e. The van der Waals surface area contributed by atoms with Crippen molar-refractivity contribution in [3.8, 4) is 17.2 Å². The number of carbonyl (C=O) groups excluding carboxylic acids is 2. The summed E-state index contributed by atoms with van der Waals surface area (Å²) >= 11 is 0. The minimum absolute atomic E-state index is 0.0688. The number of phenolic OH excluding ortho intramolecular Hbond substituents is 3. The van der Waals surface area contributed by atoms with E-state index in [1.54, 1.807) is 15.9 Å². The number of hydrogen-bond donors (Lipinski definition) is 3. The molecule has 26 heavy (non-hydrogen) atoms. The topological polar surface area (TPSA) is 101 Å². The van der Waals surface area contributed by atoms with Crippen LogP contribution in [0.2, 0.25) is 0 Å². The summed E-state index contributed by atoms with van der Waals surface area (Å²) in [5.74, 6) is -2.21. The molecule has 0 saturated carbocycles. The van der Waals surface area contributed by atoms with Gasteiger partial charge in [-0.25, -0.2) is 0 Å². The number of rotatable bonds is 2. The van der Waals surface area contributed by atoms with Crippen molar-refractivity contribution in [3.63, 3.8) is 0 Å². The van der Waals surface area contributed by atoms with Gasteiger partial charge >= 0.3 is 0 Å². The van der Waals surface area contributed by atoms with E-state index in [-0.39, 0.29) is 17.4 Å². The molecule has 136 valence electrons. The first-order valence-electron chi connectivity index (χ1n) is 8.27. The van der Waals surface area contributed by atoms with Crippen LogP contribution < -0.4 is 0 Å². The van der Waals surface area contributed by atoms with Crippen molar-refractivity contribution < 1.29 is 24.9 Å². The van der Waals surface area contributed by atoms with Crippen LogP contribution in [0.1, 0.15) is 26.3 Å². The average molecular weight is 356 g/mol. The maximum atomic E-state index is 12.6. The van der Waals surface area contributed by atoms with Crippen molar-refractivity contribution in [2.45, 2.75) is 6.92 Å². The third-order valence-corrected chi connectivity index (χ3v) is 4.44. The number of carbonyl (C=O) groups is 2. The summed E-state index contributed by atoms with van der Waals surface area (Å²) in [6, 6.07) is 9.60. The van der Waals surface area contributed by atoms with Gasteiger partial charge in [0, 0.05) is 37.3 Å². The van der Waals surface area contributed by atoms with Gasteiger partial charge in [-0.05, 0) is 31.2 Å². The highest BCUT2D eigenvalue weighted by Crippen LogP contribution is 2.35. The number of nitrogens with zero attached hydrogens (tertiary/aromatic N) is 2. The van der Waals surface area contributed by atoms with Gasteiger partial charge in [0.1, 0.15) is 0 Å². The normalized spacial score (nSPS) is 14.3. The van der Waals surface area contributed by atoms with Gasteiger partial charge in [-0.3, -0.25) is 9.59 Å². The molecule has 0 bridgehead atoms. The molecule has 0 unspecified atom stereocenters. The van der Waals surface area contributed by atoms with Gasteiger partial charge in [0.15, 0.2) is 17.2 Å². The second-order valence-electron chi connectivity index (χ2n) is 6.32. The van der Waals surface area contributed by atoms with Crippen molar-refractivity contribution in [2.75, 3.05) is 26.2 Å². The first-order chi connectivity index (χ1) is 12.4. The van der Waals surface area contributed by atoms with Crippen molar-refractivity contribution >= 4 is 11.8 Å². The number of hydrogen-bond acceptors (Lipinski definition) is 5. The maximum Gasteiger partial charge on any atom is 0.254 e. The van der Waals surface area contributed by atoms with Gasteiger partial charge < -0.3 is 25.1 Å². The highest BCUT2D eigenvalue weighted by atomic mass is 16.3. The predicted molar refractivity (Wildman–Crippen MR) is 94.4 cm³/mol. The molecule has 1 aliphatic heterocycles. The van der Waals surface area contributed by atoms with Crippen molar-refractivity contribution in [1.29, 1.82) is 0 Å². The maximum absolute atomic E-state index is 12.6. The zero-order chi connectivity index (χ0) is 18.8. The number of piperazine rings is 1. The van der Waals surface area contributed by atoms with Crippen molar-refractivity contribution in [1.82, 2.24) is 9.80 Å². The van der Waals surface area contributed by atoms with Crippen LogP contribution in [0.15, 0.2) is 36.4 Å². The number of phenols is 3.